The maximum Gasteiger partial charge on any atom is 0.272 e. The Morgan fingerprint density at radius 2 is 2.00 bits per heavy atom. The van der Waals surface area contributed by atoms with E-state index < -0.39 is 0 Å². The predicted molar refractivity (Wildman–Crippen MR) is 102 cm³/mol. The molecule has 3 aromatic rings. The van der Waals surface area contributed by atoms with Crippen molar-refractivity contribution < 1.29 is 4.74 Å². The van der Waals surface area contributed by atoms with Crippen molar-refractivity contribution in [1.29, 1.82) is 0 Å². The number of fused-ring (bicyclic) bond motifs is 2. The topological polar surface area (TPSA) is 58.2 Å². The first-order valence-corrected chi connectivity index (χ1v) is 8.90. The number of nitrogens with zero attached hydrogens (tertiary/aromatic N) is 2. The van der Waals surface area contributed by atoms with E-state index in [1.54, 1.807) is 0 Å². The van der Waals surface area contributed by atoms with Crippen molar-refractivity contribution in [1.82, 2.24) is 15.1 Å². The zero-order valence-corrected chi connectivity index (χ0v) is 14.4. The number of rotatable bonds is 2. The van der Waals surface area contributed by atoms with Gasteiger partial charge >= 0.3 is 0 Å². The summed E-state index contributed by atoms with van der Waals surface area (Å²) in [6.07, 6.45) is 2.15. The van der Waals surface area contributed by atoms with Crippen LogP contribution < -0.4 is 10.3 Å². The van der Waals surface area contributed by atoms with Crippen LogP contribution in [0.2, 0.25) is 0 Å². The van der Waals surface area contributed by atoms with Crippen LogP contribution in [0.15, 0.2) is 53.3 Å². The minimum atomic E-state index is -0.192. The number of aromatic amines is 1. The van der Waals surface area contributed by atoms with Gasteiger partial charge in [-0.25, -0.2) is 5.10 Å². The fraction of sp³-hybridized carbons (Fsp3) is 0.238. The van der Waals surface area contributed by atoms with Crippen molar-refractivity contribution in [2.75, 3.05) is 13.1 Å². The molecule has 5 heteroatoms. The van der Waals surface area contributed by atoms with Gasteiger partial charge in [0, 0.05) is 25.2 Å². The maximum atomic E-state index is 12.1. The van der Waals surface area contributed by atoms with Gasteiger partial charge in [0.2, 0.25) is 0 Å². The van der Waals surface area contributed by atoms with E-state index in [2.05, 4.69) is 33.8 Å². The van der Waals surface area contributed by atoms with Gasteiger partial charge in [-0.2, -0.15) is 5.10 Å². The Morgan fingerprint density at radius 1 is 1.15 bits per heavy atom. The molecule has 0 spiro atoms. The lowest BCUT2D eigenvalue weighted by molar-refractivity contribution is 0.248. The second-order valence-electron chi connectivity index (χ2n) is 7.04. The monoisotopic (exact) mass is 345 g/mol. The predicted octanol–water partition coefficient (Wildman–Crippen LogP) is 3.85. The van der Waals surface area contributed by atoms with Crippen molar-refractivity contribution in [3.05, 3.63) is 64.5 Å². The molecule has 26 heavy (non-hydrogen) atoms. The third kappa shape index (κ3) is 2.44. The largest absolute Gasteiger partial charge is 0.456 e. The molecule has 3 heterocycles. The number of hydrogen-bond donors (Lipinski definition) is 1. The smallest absolute Gasteiger partial charge is 0.272 e. The van der Waals surface area contributed by atoms with Crippen LogP contribution in [0.25, 0.3) is 22.0 Å². The summed E-state index contributed by atoms with van der Waals surface area (Å²) in [6.45, 7) is 7.08. The Bertz CT molecular complexity index is 1090. The molecule has 0 aliphatic carbocycles. The number of benzene rings is 2. The Morgan fingerprint density at radius 3 is 2.85 bits per heavy atom. The van der Waals surface area contributed by atoms with E-state index in [0.717, 1.165) is 54.9 Å². The first-order valence-electron chi connectivity index (χ1n) is 8.90. The highest BCUT2D eigenvalue weighted by atomic mass is 16.5. The molecule has 5 rings (SSSR count). The lowest BCUT2D eigenvalue weighted by atomic mass is 9.98. The van der Waals surface area contributed by atoms with Gasteiger partial charge in [0.1, 0.15) is 17.2 Å². The number of H-pyrrole nitrogens is 1. The Labute approximate surface area is 150 Å². The average molecular weight is 345 g/mol. The lowest BCUT2D eigenvalue weighted by Gasteiger charge is -2.28. The van der Waals surface area contributed by atoms with Crippen LogP contribution >= 0.6 is 0 Å². The molecular formula is C21H19N3O2. The molecule has 1 saturated heterocycles. The van der Waals surface area contributed by atoms with E-state index in [1.165, 1.54) is 11.1 Å². The first-order chi connectivity index (χ1) is 12.7. The molecule has 130 valence electrons. The van der Waals surface area contributed by atoms with Gasteiger partial charge in [-0.1, -0.05) is 24.3 Å². The summed E-state index contributed by atoms with van der Waals surface area (Å²) in [4.78, 5) is 14.6. The Hall–Kier alpha value is -2.92. The number of likely N-dealkylation sites (tertiary alicyclic amines) is 1. The van der Waals surface area contributed by atoms with E-state index >= 15 is 0 Å². The second kappa shape index (κ2) is 5.81. The molecule has 0 amide bonds. The molecule has 0 bridgehead atoms. The van der Waals surface area contributed by atoms with E-state index in [9.17, 15) is 4.79 Å². The van der Waals surface area contributed by atoms with E-state index in [1.807, 2.05) is 24.3 Å². The number of nitrogens with one attached hydrogen (secondary N) is 1. The number of aromatic nitrogens is 2. The van der Waals surface area contributed by atoms with Crippen LogP contribution in [0.4, 0.5) is 0 Å². The minimum Gasteiger partial charge on any atom is -0.456 e. The molecule has 1 aromatic heterocycles. The second-order valence-corrected chi connectivity index (χ2v) is 7.04. The third-order valence-electron chi connectivity index (χ3n) is 5.27. The summed E-state index contributed by atoms with van der Waals surface area (Å²) >= 11 is 0. The highest BCUT2D eigenvalue weighted by Crippen LogP contribution is 2.44. The van der Waals surface area contributed by atoms with Gasteiger partial charge in [-0.05, 0) is 42.7 Å². The van der Waals surface area contributed by atoms with E-state index in [4.69, 9.17) is 4.74 Å². The van der Waals surface area contributed by atoms with Crippen LogP contribution in [0.3, 0.4) is 0 Å². The zero-order valence-electron chi connectivity index (χ0n) is 14.4. The Kier molecular flexibility index (Phi) is 3.43. The average Bonchev–Trinajstić information content (AvgIpc) is 2.66. The molecule has 2 aromatic carbocycles. The third-order valence-corrected chi connectivity index (χ3v) is 5.27. The van der Waals surface area contributed by atoms with Crippen LogP contribution in [-0.4, -0.2) is 28.2 Å². The molecule has 0 radical (unpaired) electrons. The fourth-order valence-electron chi connectivity index (χ4n) is 3.82. The Balaban J connectivity index is 1.57. The molecule has 5 nitrogen and oxygen atoms in total. The quantitative estimate of drug-likeness (QED) is 0.561. The first kappa shape index (κ1) is 15.3. The van der Waals surface area contributed by atoms with Gasteiger partial charge in [0.05, 0.1) is 10.8 Å². The van der Waals surface area contributed by atoms with Gasteiger partial charge in [-0.15, -0.1) is 0 Å². The van der Waals surface area contributed by atoms with Crippen molar-refractivity contribution in [3.8, 4) is 22.8 Å². The van der Waals surface area contributed by atoms with Crippen LogP contribution in [0, 0.1) is 0 Å². The van der Waals surface area contributed by atoms with Crippen molar-refractivity contribution in [3.63, 3.8) is 0 Å². The molecule has 2 aliphatic rings. The number of hydrogen-bond acceptors (Lipinski definition) is 4. The van der Waals surface area contributed by atoms with E-state index in [-0.39, 0.29) is 5.56 Å². The molecule has 2 aliphatic heterocycles. The van der Waals surface area contributed by atoms with Crippen molar-refractivity contribution in [2.45, 2.75) is 19.4 Å². The number of piperidine rings is 1. The highest BCUT2D eigenvalue weighted by molar-refractivity contribution is 6.01. The van der Waals surface area contributed by atoms with Crippen LogP contribution in [0.5, 0.6) is 11.5 Å². The van der Waals surface area contributed by atoms with Crippen LogP contribution in [-0.2, 0) is 6.54 Å². The summed E-state index contributed by atoms with van der Waals surface area (Å²) in [7, 11) is 0. The fourth-order valence-corrected chi connectivity index (χ4v) is 3.82. The number of ether oxygens (including phenoxy) is 1. The molecule has 0 saturated carbocycles. The van der Waals surface area contributed by atoms with Gasteiger partial charge < -0.3 is 4.74 Å². The van der Waals surface area contributed by atoms with Crippen molar-refractivity contribution >= 4 is 10.8 Å². The van der Waals surface area contributed by atoms with Gasteiger partial charge in [0.25, 0.3) is 5.56 Å². The van der Waals surface area contributed by atoms with Crippen molar-refractivity contribution in [2.24, 2.45) is 0 Å². The summed E-state index contributed by atoms with van der Waals surface area (Å²) in [5.74, 6) is 1.46. The summed E-state index contributed by atoms with van der Waals surface area (Å²) in [5, 5.41) is 8.35. The lowest BCUT2D eigenvalue weighted by Crippen LogP contribution is -2.29. The maximum absolute atomic E-state index is 12.1. The SMILES string of the molecule is C=C1CCN(Cc2ccc3c(c2)-c2n[nH]c(=O)c4cccc(c24)O3)CC1. The minimum absolute atomic E-state index is 0.192. The summed E-state index contributed by atoms with van der Waals surface area (Å²) < 4.78 is 6.05. The summed E-state index contributed by atoms with van der Waals surface area (Å²) in [6, 6.07) is 11.8. The van der Waals surface area contributed by atoms with Crippen LogP contribution in [0.1, 0.15) is 18.4 Å². The summed E-state index contributed by atoms with van der Waals surface area (Å²) in [5.41, 5.74) is 4.09. The van der Waals surface area contributed by atoms with Gasteiger partial charge in [0.15, 0.2) is 0 Å². The molecule has 0 unspecified atom stereocenters. The highest BCUT2D eigenvalue weighted by Gasteiger charge is 2.23. The van der Waals surface area contributed by atoms with E-state index in [0.29, 0.717) is 11.1 Å². The normalized spacial score (nSPS) is 16.4. The standard InChI is InChI=1S/C21H19N3O2/c1-13-7-9-24(10-8-13)12-14-5-6-17-16(11-14)20-19-15(21(25)23-22-20)3-2-4-18(19)26-17/h2-6,11H,1,7-10,12H2,(H,23,25). The molecular weight excluding hydrogens is 326 g/mol. The molecule has 1 N–H and O–H groups in total. The van der Waals surface area contributed by atoms with Gasteiger partial charge in [-0.3, -0.25) is 9.69 Å². The molecule has 0 atom stereocenters. The molecule has 1 fully saturated rings. The zero-order chi connectivity index (χ0) is 17.7.